The fraction of sp³-hybridized carbons (Fsp3) is 0.320. The van der Waals surface area contributed by atoms with Crippen LogP contribution >= 0.6 is 11.6 Å². The summed E-state index contributed by atoms with van der Waals surface area (Å²) in [4.78, 5) is 36.8. The molecule has 2 aliphatic rings. The standard InChI is InChI=1S/C25H23ClO7/c1-30-25(29)16-4-8-18(9-5-16)33-23-14-32-22-12-19(10-11-20(22)24(23)28)31-13-21(27)15-2-6-17(26)7-3-15/h2-9,14,19-20,22H,10-13H2,1H3. The number of carbonyl (C=O) groups is 3. The number of hydrogen-bond acceptors (Lipinski definition) is 7. The van der Waals surface area contributed by atoms with Crippen molar-refractivity contribution < 1.29 is 33.3 Å². The van der Waals surface area contributed by atoms with Crippen molar-refractivity contribution in [3.63, 3.8) is 0 Å². The Bertz CT molecular complexity index is 1060. The van der Waals surface area contributed by atoms with Crippen molar-refractivity contribution in [2.75, 3.05) is 13.7 Å². The molecule has 1 aliphatic carbocycles. The van der Waals surface area contributed by atoms with E-state index in [0.29, 0.717) is 41.2 Å². The zero-order valence-corrected chi connectivity index (χ0v) is 18.7. The quantitative estimate of drug-likeness (QED) is 0.438. The van der Waals surface area contributed by atoms with Gasteiger partial charge in [-0.25, -0.2) is 4.79 Å². The summed E-state index contributed by atoms with van der Waals surface area (Å²) in [6.07, 6.45) is 2.57. The topological polar surface area (TPSA) is 88.1 Å². The zero-order valence-electron chi connectivity index (χ0n) is 18.0. The van der Waals surface area contributed by atoms with Crippen LogP contribution in [0.4, 0.5) is 0 Å². The van der Waals surface area contributed by atoms with Crippen LogP contribution < -0.4 is 4.74 Å². The van der Waals surface area contributed by atoms with Crippen LogP contribution in [-0.2, 0) is 19.0 Å². The molecule has 0 bridgehead atoms. The minimum absolute atomic E-state index is 0.0383. The van der Waals surface area contributed by atoms with Gasteiger partial charge in [0.1, 0.15) is 24.7 Å². The minimum Gasteiger partial charge on any atom is -0.493 e. The van der Waals surface area contributed by atoms with Gasteiger partial charge < -0.3 is 18.9 Å². The number of halogens is 1. The second-order valence-corrected chi connectivity index (χ2v) is 8.36. The van der Waals surface area contributed by atoms with E-state index in [9.17, 15) is 14.4 Å². The van der Waals surface area contributed by atoms with Crippen molar-refractivity contribution >= 4 is 29.1 Å². The van der Waals surface area contributed by atoms with Gasteiger partial charge in [0.05, 0.1) is 24.7 Å². The highest BCUT2D eigenvalue weighted by molar-refractivity contribution is 6.30. The maximum absolute atomic E-state index is 12.9. The first-order valence-corrected chi connectivity index (χ1v) is 11.0. The Hall–Kier alpha value is -3.16. The van der Waals surface area contributed by atoms with E-state index in [1.807, 2.05) is 0 Å². The van der Waals surface area contributed by atoms with Crippen LogP contribution in [0.5, 0.6) is 5.75 Å². The summed E-state index contributed by atoms with van der Waals surface area (Å²) >= 11 is 5.86. The summed E-state index contributed by atoms with van der Waals surface area (Å²) < 4.78 is 22.0. The molecule has 33 heavy (non-hydrogen) atoms. The fourth-order valence-electron chi connectivity index (χ4n) is 3.98. The number of allylic oxidation sites excluding steroid dienone is 1. The van der Waals surface area contributed by atoms with Crippen LogP contribution in [0.2, 0.25) is 5.02 Å². The van der Waals surface area contributed by atoms with Crippen LogP contribution in [0, 0.1) is 5.92 Å². The van der Waals surface area contributed by atoms with Crippen molar-refractivity contribution in [1.29, 1.82) is 0 Å². The van der Waals surface area contributed by atoms with Gasteiger partial charge in [0.2, 0.25) is 11.5 Å². The molecule has 0 spiro atoms. The molecule has 1 fully saturated rings. The van der Waals surface area contributed by atoms with Gasteiger partial charge in [-0.05, 0) is 61.4 Å². The number of ether oxygens (including phenoxy) is 4. The molecule has 1 saturated carbocycles. The monoisotopic (exact) mass is 470 g/mol. The summed E-state index contributed by atoms with van der Waals surface area (Å²) in [6.45, 7) is -0.0383. The molecule has 0 saturated heterocycles. The summed E-state index contributed by atoms with van der Waals surface area (Å²) in [7, 11) is 1.31. The fourth-order valence-corrected chi connectivity index (χ4v) is 4.10. The van der Waals surface area contributed by atoms with Crippen LogP contribution in [0.1, 0.15) is 40.0 Å². The first kappa shape index (κ1) is 23.0. The lowest BCUT2D eigenvalue weighted by Crippen LogP contribution is -2.42. The molecule has 1 aliphatic heterocycles. The first-order chi connectivity index (χ1) is 15.9. The molecule has 3 unspecified atom stereocenters. The summed E-state index contributed by atoms with van der Waals surface area (Å²) in [6, 6.07) is 13.0. The smallest absolute Gasteiger partial charge is 0.337 e. The number of Topliss-reactive ketones (excluding diaryl/α,β-unsaturated/α-hetero) is 2. The van der Waals surface area contributed by atoms with Crippen molar-refractivity contribution in [1.82, 2.24) is 0 Å². The number of hydrogen-bond donors (Lipinski definition) is 0. The lowest BCUT2D eigenvalue weighted by atomic mass is 9.80. The number of ketones is 2. The molecule has 0 N–H and O–H groups in total. The van der Waals surface area contributed by atoms with Gasteiger partial charge in [0, 0.05) is 17.0 Å². The number of rotatable bonds is 7. The molecular formula is C25H23ClO7. The van der Waals surface area contributed by atoms with Crippen LogP contribution in [0.15, 0.2) is 60.6 Å². The summed E-state index contributed by atoms with van der Waals surface area (Å²) in [5.74, 6) is -0.482. The Morgan fingerprint density at radius 2 is 1.73 bits per heavy atom. The van der Waals surface area contributed by atoms with E-state index >= 15 is 0 Å². The van der Waals surface area contributed by atoms with Crippen molar-refractivity contribution in [2.45, 2.75) is 31.5 Å². The number of fused-ring (bicyclic) bond motifs is 1. The van der Waals surface area contributed by atoms with Gasteiger partial charge in [0.25, 0.3) is 0 Å². The molecule has 172 valence electrons. The minimum atomic E-state index is -0.450. The van der Waals surface area contributed by atoms with Gasteiger partial charge in [0.15, 0.2) is 5.78 Å². The van der Waals surface area contributed by atoms with E-state index in [1.165, 1.54) is 13.4 Å². The van der Waals surface area contributed by atoms with Crippen molar-refractivity contribution in [2.24, 2.45) is 5.92 Å². The van der Waals surface area contributed by atoms with Gasteiger partial charge in [-0.2, -0.15) is 0 Å². The van der Waals surface area contributed by atoms with E-state index in [4.69, 9.17) is 25.8 Å². The lowest BCUT2D eigenvalue weighted by molar-refractivity contribution is -0.133. The molecule has 1 heterocycles. The Morgan fingerprint density at radius 3 is 2.42 bits per heavy atom. The Labute approximate surface area is 196 Å². The van der Waals surface area contributed by atoms with Gasteiger partial charge in [-0.3, -0.25) is 9.59 Å². The third kappa shape index (κ3) is 5.43. The molecular weight excluding hydrogens is 448 g/mol. The van der Waals surface area contributed by atoms with Gasteiger partial charge in [-0.1, -0.05) is 11.6 Å². The molecule has 0 amide bonds. The zero-order chi connectivity index (χ0) is 23.4. The second-order valence-electron chi connectivity index (χ2n) is 7.92. The Kier molecular flexibility index (Phi) is 7.11. The normalized spacial score (nSPS) is 21.9. The molecule has 0 radical (unpaired) electrons. The third-order valence-corrected chi connectivity index (χ3v) is 6.04. The lowest BCUT2D eigenvalue weighted by Gasteiger charge is -2.37. The highest BCUT2D eigenvalue weighted by atomic mass is 35.5. The maximum Gasteiger partial charge on any atom is 0.337 e. The molecule has 2 aromatic carbocycles. The first-order valence-electron chi connectivity index (χ1n) is 10.6. The number of benzene rings is 2. The third-order valence-electron chi connectivity index (χ3n) is 5.79. The molecule has 3 atom stereocenters. The van der Waals surface area contributed by atoms with Gasteiger partial charge in [-0.15, -0.1) is 0 Å². The highest BCUT2D eigenvalue weighted by Crippen LogP contribution is 2.35. The van der Waals surface area contributed by atoms with Crippen molar-refractivity contribution in [3.8, 4) is 5.75 Å². The average molecular weight is 471 g/mol. The maximum atomic E-state index is 12.9. The average Bonchev–Trinajstić information content (AvgIpc) is 2.84. The van der Waals surface area contributed by atoms with Crippen LogP contribution in [0.25, 0.3) is 0 Å². The van der Waals surface area contributed by atoms with E-state index < -0.39 is 5.97 Å². The molecule has 0 aromatic heterocycles. The molecule has 4 rings (SSSR count). The van der Waals surface area contributed by atoms with Crippen molar-refractivity contribution in [3.05, 3.63) is 76.7 Å². The Balaban J connectivity index is 1.31. The Morgan fingerprint density at radius 1 is 1.03 bits per heavy atom. The van der Waals surface area contributed by atoms with E-state index in [2.05, 4.69) is 4.74 Å². The van der Waals surface area contributed by atoms with E-state index in [0.717, 1.165) is 0 Å². The number of methoxy groups -OCH3 is 1. The predicted molar refractivity (Wildman–Crippen MR) is 119 cm³/mol. The summed E-state index contributed by atoms with van der Waals surface area (Å²) in [5, 5.41) is 0.569. The highest BCUT2D eigenvalue weighted by Gasteiger charge is 2.41. The number of esters is 1. The molecule has 7 nitrogen and oxygen atoms in total. The predicted octanol–water partition coefficient (Wildman–Crippen LogP) is 4.38. The van der Waals surface area contributed by atoms with Crippen LogP contribution in [-0.4, -0.2) is 43.5 Å². The largest absolute Gasteiger partial charge is 0.493 e. The number of carbonyl (C=O) groups excluding carboxylic acids is 3. The summed E-state index contributed by atoms with van der Waals surface area (Å²) in [5.41, 5.74) is 0.930. The second kappa shape index (κ2) is 10.2. The van der Waals surface area contributed by atoms with Crippen LogP contribution in [0.3, 0.4) is 0 Å². The van der Waals surface area contributed by atoms with Gasteiger partial charge >= 0.3 is 5.97 Å². The molecule has 2 aromatic rings. The SMILES string of the molecule is COC(=O)c1ccc(OC2=COC3CC(OCC(=O)c4ccc(Cl)cc4)CCC3C2=O)cc1. The van der Waals surface area contributed by atoms with E-state index in [-0.39, 0.29) is 42.1 Å². The van der Waals surface area contributed by atoms with E-state index in [1.54, 1.807) is 48.5 Å². The molecule has 8 heteroatoms.